The van der Waals surface area contributed by atoms with Gasteiger partial charge in [-0.2, -0.15) is 4.98 Å². The molecule has 0 aromatic carbocycles. The molecule has 0 unspecified atom stereocenters. The van der Waals surface area contributed by atoms with E-state index in [1.54, 1.807) is 20.9 Å². The van der Waals surface area contributed by atoms with E-state index < -0.39 is 10.0 Å². The Labute approximate surface area is 116 Å². The first-order valence-electron chi connectivity index (χ1n) is 5.95. The van der Waals surface area contributed by atoms with Crippen LogP contribution in [0.5, 0.6) is 0 Å². The first kappa shape index (κ1) is 14.7. The normalized spacial score (nSPS) is 11.9. The van der Waals surface area contributed by atoms with Gasteiger partial charge in [0.05, 0.1) is 13.1 Å². The monoisotopic (exact) mass is 300 g/mol. The summed E-state index contributed by atoms with van der Waals surface area (Å²) in [5.74, 6) is 1.56. The largest absolute Gasteiger partial charge is 0.464 e. The maximum atomic E-state index is 12.2. The van der Waals surface area contributed by atoms with Crippen LogP contribution in [0.15, 0.2) is 19.9 Å². The maximum absolute atomic E-state index is 12.2. The third-order valence-corrected chi connectivity index (χ3v) is 4.06. The van der Waals surface area contributed by atoms with Crippen LogP contribution in [0.25, 0.3) is 0 Å². The summed E-state index contributed by atoms with van der Waals surface area (Å²) in [6, 6.07) is 1.50. The quantitative estimate of drug-likeness (QED) is 0.798. The predicted molar refractivity (Wildman–Crippen MR) is 69.3 cm³/mol. The number of sulfonamides is 1. The van der Waals surface area contributed by atoms with Gasteiger partial charge in [0, 0.05) is 13.0 Å². The molecule has 0 fully saturated rings. The van der Waals surface area contributed by atoms with Crippen LogP contribution in [0.1, 0.15) is 23.2 Å². The first-order chi connectivity index (χ1) is 9.42. The van der Waals surface area contributed by atoms with Crippen LogP contribution in [-0.4, -0.2) is 25.6 Å². The standard InChI is InChI=1S/C11H16N4O4S/c1-7-10(4-9(18-7)5-12-3)20(16,17)13-6-11-14-8(2)19-15-11/h4,12-13H,5-6H2,1-3H3. The van der Waals surface area contributed by atoms with Crippen molar-refractivity contribution in [3.8, 4) is 0 Å². The third kappa shape index (κ3) is 3.24. The number of furan rings is 1. The summed E-state index contributed by atoms with van der Waals surface area (Å²) in [5.41, 5.74) is 0. The number of hydrogen-bond donors (Lipinski definition) is 2. The fourth-order valence-electron chi connectivity index (χ4n) is 1.70. The van der Waals surface area contributed by atoms with Crippen molar-refractivity contribution in [2.45, 2.75) is 31.8 Å². The zero-order valence-electron chi connectivity index (χ0n) is 11.4. The Morgan fingerprint density at radius 2 is 2.05 bits per heavy atom. The molecule has 110 valence electrons. The topological polar surface area (TPSA) is 110 Å². The zero-order valence-corrected chi connectivity index (χ0v) is 12.2. The fourth-order valence-corrected chi connectivity index (χ4v) is 2.88. The molecule has 2 aromatic heterocycles. The lowest BCUT2D eigenvalue weighted by molar-refractivity contribution is 0.387. The SMILES string of the molecule is CNCc1cc(S(=O)(=O)NCc2noc(C)n2)c(C)o1. The lowest BCUT2D eigenvalue weighted by Gasteiger charge is -2.02. The van der Waals surface area contributed by atoms with Gasteiger partial charge >= 0.3 is 0 Å². The summed E-state index contributed by atoms with van der Waals surface area (Å²) in [6.45, 7) is 3.66. The molecular formula is C11H16N4O4S. The Balaban J connectivity index is 2.13. The van der Waals surface area contributed by atoms with E-state index >= 15 is 0 Å². The van der Waals surface area contributed by atoms with E-state index in [0.717, 1.165) is 0 Å². The molecule has 0 radical (unpaired) electrons. The Kier molecular flexibility index (Phi) is 4.21. The van der Waals surface area contributed by atoms with E-state index in [9.17, 15) is 8.42 Å². The van der Waals surface area contributed by atoms with Gasteiger partial charge in [-0.25, -0.2) is 13.1 Å². The molecule has 0 spiro atoms. The summed E-state index contributed by atoms with van der Waals surface area (Å²) in [4.78, 5) is 4.04. The van der Waals surface area contributed by atoms with Gasteiger partial charge in [0.15, 0.2) is 5.82 Å². The molecule has 2 heterocycles. The molecule has 0 amide bonds. The van der Waals surface area contributed by atoms with Gasteiger partial charge in [-0.1, -0.05) is 5.16 Å². The maximum Gasteiger partial charge on any atom is 0.244 e. The van der Waals surface area contributed by atoms with Crippen LogP contribution in [0.4, 0.5) is 0 Å². The van der Waals surface area contributed by atoms with Crippen molar-refractivity contribution in [2.75, 3.05) is 7.05 Å². The number of aryl methyl sites for hydroxylation is 2. The summed E-state index contributed by atoms with van der Waals surface area (Å²) < 4.78 is 36.9. The second-order valence-corrected chi connectivity index (χ2v) is 5.95. The molecule has 0 aliphatic carbocycles. The molecule has 2 aromatic rings. The van der Waals surface area contributed by atoms with E-state index in [0.29, 0.717) is 24.0 Å². The number of aromatic nitrogens is 2. The first-order valence-corrected chi connectivity index (χ1v) is 7.43. The minimum Gasteiger partial charge on any atom is -0.464 e. The Hall–Kier alpha value is -1.71. The van der Waals surface area contributed by atoms with Crippen LogP contribution in [0.3, 0.4) is 0 Å². The van der Waals surface area contributed by atoms with E-state index in [4.69, 9.17) is 8.94 Å². The molecule has 0 aliphatic rings. The van der Waals surface area contributed by atoms with Crippen LogP contribution >= 0.6 is 0 Å². The van der Waals surface area contributed by atoms with Crippen molar-refractivity contribution in [1.82, 2.24) is 20.2 Å². The Morgan fingerprint density at radius 1 is 1.30 bits per heavy atom. The van der Waals surface area contributed by atoms with E-state index in [2.05, 4.69) is 20.2 Å². The Bertz CT molecular complexity index is 689. The number of hydrogen-bond acceptors (Lipinski definition) is 7. The van der Waals surface area contributed by atoms with Gasteiger partial charge in [-0.15, -0.1) is 0 Å². The number of nitrogens with zero attached hydrogens (tertiary/aromatic N) is 2. The number of rotatable bonds is 6. The molecule has 0 atom stereocenters. The highest BCUT2D eigenvalue weighted by molar-refractivity contribution is 7.89. The van der Waals surface area contributed by atoms with Gasteiger partial charge in [0.2, 0.25) is 15.9 Å². The molecular weight excluding hydrogens is 284 g/mol. The van der Waals surface area contributed by atoms with Crippen LogP contribution in [0, 0.1) is 13.8 Å². The summed E-state index contributed by atoms with van der Waals surface area (Å²) in [6.07, 6.45) is 0. The summed E-state index contributed by atoms with van der Waals surface area (Å²) >= 11 is 0. The fraction of sp³-hybridized carbons (Fsp3) is 0.455. The van der Waals surface area contributed by atoms with Gasteiger partial charge in [0.25, 0.3) is 0 Å². The minimum absolute atomic E-state index is 0.0361. The lowest BCUT2D eigenvalue weighted by Crippen LogP contribution is -2.24. The molecule has 0 aliphatic heterocycles. The average molecular weight is 300 g/mol. The van der Waals surface area contributed by atoms with Crippen molar-refractivity contribution >= 4 is 10.0 Å². The average Bonchev–Trinajstić information content (AvgIpc) is 2.94. The van der Waals surface area contributed by atoms with Crippen molar-refractivity contribution < 1.29 is 17.4 Å². The predicted octanol–water partition coefficient (Wildman–Crippen LogP) is 0.477. The van der Waals surface area contributed by atoms with Gasteiger partial charge < -0.3 is 14.3 Å². The van der Waals surface area contributed by atoms with Crippen molar-refractivity contribution in [1.29, 1.82) is 0 Å². The molecule has 2 N–H and O–H groups in total. The molecule has 0 bridgehead atoms. The number of nitrogens with one attached hydrogen (secondary N) is 2. The second-order valence-electron chi connectivity index (χ2n) is 4.22. The van der Waals surface area contributed by atoms with E-state index in [1.165, 1.54) is 6.07 Å². The van der Waals surface area contributed by atoms with E-state index in [-0.39, 0.29) is 17.3 Å². The van der Waals surface area contributed by atoms with Crippen LogP contribution < -0.4 is 10.0 Å². The molecule has 20 heavy (non-hydrogen) atoms. The van der Waals surface area contributed by atoms with Gasteiger partial charge in [-0.3, -0.25) is 0 Å². The smallest absolute Gasteiger partial charge is 0.244 e. The molecule has 8 nitrogen and oxygen atoms in total. The highest BCUT2D eigenvalue weighted by Crippen LogP contribution is 2.19. The second kappa shape index (κ2) is 5.73. The van der Waals surface area contributed by atoms with Crippen molar-refractivity contribution in [2.24, 2.45) is 0 Å². The molecule has 9 heteroatoms. The lowest BCUT2D eigenvalue weighted by atomic mass is 10.4. The zero-order chi connectivity index (χ0) is 14.8. The Morgan fingerprint density at radius 3 is 2.65 bits per heavy atom. The minimum atomic E-state index is -3.67. The van der Waals surface area contributed by atoms with E-state index in [1.807, 2.05) is 0 Å². The molecule has 0 saturated heterocycles. The van der Waals surface area contributed by atoms with Gasteiger partial charge in [-0.05, 0) is 14.0 Å². The van der Waals surface area contributed by atoms with Crippen molar-refractivity contribution in [3.05, 3.63) is 29.3 Å². The third-order valence-electron chi connectivity index (χ3n) is 2.55. The molecule has 0 saturated carbocycles. The molecule has 2 rings (SSSR count). The van der Waals surface area contributed by atoms with Gasteiger partial charge in [0.1, 0.15) is 16.4 Å². The van der Waals surface area contributed by atoms with Crippen molar-refractivity contribution in [3.63, 3.8) is 0 Å². The summed E-state index contributed by atoms with van der Waals surface area (Å²) in [7, 11) is -1.92. The highest BCUT2D eigenvalue weighted by atomic mass is 32.2. The summed E-state index contributed by atoms with van der Waals surface area (Å²) in [5, 5.41) is 6.52. The van der Waals surface area contributed by atoms with Crippen LogP contribution in [0.2, 0.25) is 0 Å². The van der Waals surface area contributed by atoms with Crippen LogP contribution in [-0.2, 0) is 23.1 Å². The highest BCUT2D eigenvalue weighted by Gasteiger charge is 2.21.